The molecule has 5 nitrogen and oxygen atoms in total. The molecule has 4 aromatic rings. The van der Waals surface area contributed by atoms with Crippen molar-refractivity contribution in [3.8, 4) is 32.8 Å². The smallest absolute Gasteiger partial charge is 0.224 e. The van der Waals surface area contributed by atoms with Crippen molar-refractivity contribution in [2.45, 2.75) is 45.6 Å². The van der Waals surface area contributed by atoms with Crippen molar-refractivity contribution in [2.75, 3.05) is 7.05 Å². The van der Waals surface area contributed by atoms with E-state index in [1.807, 2.05) is 68.6 Å². The standard InChI is InChI=1S/C22H20N2OS.C9H11NO/c1-14(2)25-20-10-9-16(11-17(20)12-23)22-24-13-21(26-22)19-8-4-6-15-5-3-7-18(15)19;1-10-9(11)7-8-5-3-2-4-6-8/h4,6,8-11,13-14H,3,5,7H2,1-2H3;2-6H,7H2,1H3,(H,10,11). The molecule has 3 aromatic carbocycles. The van der Waals surface area contributed by atoms with Crippen LogP contribution in [0.15, 0.2) is 72.9 Å². The molecule has 0 spiro atoms. The Bertz CT molecular complexity index is 1400. The van der Waals surface area contributed by atoms with E-state index in [2.05, 4.69) is 34.6 Å². The topological polar surface area (TPSA) is 75.0 Å². The lowest BCUT2D eigenvalue weighted by molar-refractivity contribution is -0.119. The van der Waals surface area contributed by atoms with Crippen molar-refractivity contribution in [3.63, 3.8) is 0 Å². The molecule has 0 radical (unpaired) electrons. The molecule has 1 N–H and O–H groups in total. The van der Waals surface area contributed by atoms with Crippen LogP contribution in [-0.4, -0.2) is 24.0 Å². The van der Waals surface area contributed by atoms with Gasteiger partial charge in [0.05, 0.1) is 23.0 Å². The molecule has 188 valence electrons. The molecule has 1 aliphatic carbocycles. The van der Waals surface area contributed by atoms with E-state index >= 15 is 0 Å². The van der Waals surface area contributed by atoms with E-state index in [-0.39, 0.29) is 12.0 Å². The minimum atomic E-state index is 0.0413. The second-order valence-corrected chi connectivity index (χ2v) is 10.2. The van der Waals surface area contributed by atoms with Gasteiger partial charge < -0.3 is 10.1 Å². The average molecular weight is 510 g/mol. The van der Waals surface area contributed by atoms with Crippen LogP contribution in [0.1, 0.15) is 42.5 Å². The Balaban J connectivity index is 0.000000245. The third kappa shape index (κ3) is 6.63. The Morgan fingerprint density at radius 2 is 1.92 bits per heavy atom. The summed E-state index contributed by atoms with van der Waals surface area (Å²) in [4.78, 5) is 16.7. The van der Waals surface area contributed by atoms with Gasteiger partial charge in [0.2, 0.25) is 5.91 Å². The Morgan fingerprint density at radius 1 is 1.11 bits per heavy atom. The minimum Gasteiger partial charge on any atom is -0.490 e. The van der Waals surface area contributed by atoms with Gasteiger partial charge in [0, 0.05) is 18.8 Å². The van der Waals surface area contributed by atoms with Crippen LogP contribution in [0.5, 0.6) is 5.75 Å². The number of carbonyl (C=O) groups is 1. The van der Waals surface area contributed by atoms with E-state index in [9.17, 15) is 10.1 Å². The second-order valence-electron chi connectivity index (χ2n) is 9.15. The number of carbonyl (C=O) groups excluding carboxylic acids is 1. The molecule has 0 atom stereocenters. The number of hydrogen-bond acceptors (Lipinski definition) is 5. The number of rotatable bonds is 6. The third-order valence-corrected chi connectivity index (χ3v) is 7.19. The highest BCUT2D eigenvalue weighted by molar-refractivity contribution is 7.18. The summed E-state index contributed by atoms with van der Waals surface area (Å²) in [6.07, 6.45) is 6.03. The maximum absolute atomic E-state index is 10.9. The number of aryl methyl sites for hydroxylation is 1. The molecule has 1 heterocycles. The van der Waals surface area contributed by atoms with Crippen LogP contribution in [0.25, 0.3) is 21.0 Å². The van der Waals surface area contributed by atoms with E-state index in [0.29, 0.717) is 17.7 Å². The van der Waals surface area contributed by atoms with Gasteiger partial charge in [-0.2, -0.15) is 5.26 Å². The van der Waals surface area contributed by atoms with Gasteiger partial charge in [-0.25, -0.2) is 4.98 Å². The molecule has 0 unspecified atom stereocenters. The van der Waals surface area contributed by atoms with Crippen molar-refractivity contribution in [1.29, 1.82) is 5.26 Å². The van der Waals surface area contributed by atoms with Gasteiger partial charge in [0.25, 0.3) is 0 Å². The normalized spacial score (nSPS) is 11.8. The summed E-state index contributed by atoms with van der Waals surface area (Å²) < 4.78 is 5.71. The van der Waals surface area contributed by atoms with E-state index in [1.165, 1.54) is 34.4 Å². The van der Waals surface area contributed by atoms with Gasteiger partial charge >= 0.3 is 0 Å². The van der Waals surface area contributed by atoms with Crippen molar-refractivity contribution in [3.05, 3.63) is 95.2 Å². The predicted octanol–water partition coefficient (Wildman–Crippen LogP) is 6.60. The Labute approximate surface area is 222 Å². The molecule has 1 amide bonds. The summed E-state index contributed by atoms with van der Waals surface area (Å²) in [5, 5.41) is 13.0. The van der Waals surface area contributed by atoms with Crippen LogP contribution in [0.3, 0.4) is 0 Å². The summed E-state index contributed by atoms with van der Waals surface area (Å²) in [5.74, 6) is 0.681. The fraction of sp³-hybridized carbons (Fsp3) is 0.258. The minimum absolute atomic E-state index is 0.0413. The molecule has 0 saturated carbocycles. The van der Waals surface area contributed by atoms with Gasteiger partial charge in [0.15, 0.2) is 0 Å². The lowest BCUT2D eigenvalue weighted by atomic mass is 10.0. The van der Waals surface area contributed by atoms with Crippen molar-refractivity contribution in [2.24, 2.45) is 0 Å². The number of aromatic nitrogens is 1. The number of hydrogen-bond donors (Lipinski definition) is 1. The van der Waals surface area contributed by atoms with Crippen LogP contribution in [-0.2, 0) is 24.1 Å². The second kappa shape index (κ2) is 12.3. The number of nitrogens with one attached hydrogen (secondary N) is 1. The van der Waals surface area contributed by atoms with Crippen molar-refractivity contribution >= 4 is 17.2 Å². The van der Waals surface area contributed by atoms with Gasteiger partial charge in [-0.1, -0.05) is 48.5 Å². The molecular weight excluding hydrogens is 478 g/mol. The first-order chi connectivity index (χ1) is 18.0. The fourth-order valence-electron chi connectivity index (χ4n) is 4.36. The molecule has 0 bridgehead atoms. The fourth-order valence-corrected chi connectivity index (χ4v) is 5.32. The highest BCUT2D eigenvalue weighted by atomic mass is 32.1. The first kappa shape index (κ1) is 26.1. The Kier molecular flexibility index (Phi) is 8.71. The lowest BCUT2D eigenvalue weighted by Gasteiger charge is -2.11. The summed E-state index contributed by atoms with van der Waals surface area (Å²) in [7, 11) is 1.64. The molecule has 5 rings (SSSR count). The zero-order valence-corrected chi connectivity index (χ0v) is 22.3. The molecule has 0 aliphatic heterocycles. The van der Waals surface area contributed by atoms with Crippen LogP contribution in [0.4, 0.5) is 0 Å². The van der Waals surface area contributed by atoms with Crippen LogP contribution >= 0.6 is 11.3 Å². The molecule has 6 heteroatoms. The number of amides is 1. The molecular formula is C31H31N3O2S. The maximum Gasteiger partial charge on any atom is 0.224 e. The predicted molar refractivity (Wildman–Crippen MR) is 150 cm³/mol. The van der Waals surface area contributed by atoms with E-state index in [1.54, 1.807) is 18.4 Å². The number of nitriles is 1. The van der Waals surface area contributed by atoms with Crippen molar-refractivity contribution in [1.82, 2.24) is 10.3 Å². The summed E-state index contributed by atoms with van der Waals surface area (Å²) in [5.41, 5.74) is 6.81. The zero-order chi connectivity index (χ0) is 26.2. The SMILES string of the molecule is CC(C)Oc1ccc(-c2ncc(-c3cccc4c3CCC4)s2)cc1C#N.CNC(=O)Cc1ccccc1. The van der Waals surface area contributed by atoms with Crippen LogP contribution < -0.4 is 10.1 Å². The third-order valence-electron chi connectivity index (χ3n) is 6.11. The summed E-state index contributed by atoms with van der Waals surface area (Å²) in [6, 6.07) is 24.2. The highest BCUT2D eigenvalue weighted by Gasteiger charge is 2.17. The monoisotopic (exact) mass is 509 g/mol. The quantitative estimate of drug-likeness (QED) is 0.318. The average Bonchev–Trinajstić information content (AvgIpc) is 3.60. The zero-order valence-electron chi connectivity index (χ0n) is 21.5. The Morgan fingerprint density at radius 3 is 2.65 bits per heavy atom. The first-order valence-electron chi connectivity index (χ1n) is 12.5. The first-order valence-corrected chi connectivity index (χ1v) is 13.3. The van der Waals surface area contributed by atoms with E-state index in [0.717, 1.165) is 22.6 Å². The molecule has 37 heavy (non-hydrogen) atoms. The van der Waals surface area contributed by atoms with Crippen molar-refractivity contribution < 1.29 is 9.53 Å². The number of fused-ring (bicyclic) bond motifs is 1. The van der Waals surface area contributed by atoms with Crippen LogP contribution in [0, 0.1) is 11.3 Å². The van der Waals surface area contributed by atoms with E-state index in [4.69, 9.17) is 4.74 Å². The number of thiazole rings is 1. The highest BCUT2D eigenvalue weighted by Crippen LogP contribution is 2.38. The van der Waals surface area contributed by atoms with E-state index < -0.39 is 0 Å². The summed E-state index contributed by atoms with van der Waals surface area (Å²) in [6.45, 7) is 3.92. The molecule has 1 aromatic heterocycles. The lowest BCUT2D eigenvalue weighted by Crippen LogP contribution is -2.19. The largest absolute Gasteiger partial charge is 0.490 e. The van der Waals surface area contributed by atoms with Crippen LogP contribution in [0.2, 0.25) is 0 Å². The van der Waals surface area contributed by atoms with Gasteiger partial charge in [-0.3, -0.25) is 4.79 Å². The number of nitrogens with zero attached hydrogens (tertiary/aromatic N) is 2. The Hall–Kier alpha value is -3.95. The summed E-state index contributed by atoms with van der Waals surface area (Å²) >= 11 is 1.68. The van der Waals surface area contributed by atoms with Gasteiger partial charge in [0.1, 0.15) is 16.8 Å². The maximum atomic E-state index is 10.9. The number of ether oxygens (including phenoxy) is 1. The van der Waals surface area contributed by atoms with Gasteiger partial charge in [-0.15, -0.1) is 11.3 Å². The molecule has 0 fully saturated rings. The number of benzene rings is 3. The van der Waals surface area contributed by atoms with Gasteiger partial charge in [-0.05, 0) is 73.6 Å². The molecule has 1 aliphatic rings. The number of likely N-dealkylation sites (N-methyl/N-ethyl adjacent to an activating group) is 1. The molecule has 0 saturated heterocycles.